The maximum absolute atomic E-state index is 12.4. The van der Waals surface area contributed by atoms with Crippen LogP contribution in [-0.4, -0.2) is 25.6 Å². The summed E-state index contributed by atoms with van der Waals surface area (Å²) in [5, 5.41) is 6.45. The lowest BCUT2D eigenvalue weighted by Gasteiger charge is -2.10. The van der Waals surface area contributed by atoms with Crippen LogP contribution in [0.15, 0.2) is 42.5 Å². The van der Waals surface area contributed by atoms with Gasteiger partial charge in [0.15, 0.2) is 0 Å². The van der Waals surface area contributed by atoms with Crippen LogP contribution in [0.4, 0.5) is 5.69 Å². The first-order chi connectivity index (χ1) is 12.3. The smallest absolute Gasteiger partial charge is 0.228 e. The third-order valence-electron chi connectivity index (χ3n) is 5.09. The molecule has 2 aliphatic rings. The average molecular weight is 373 g/mol. The number of halogens is 1. The number of amides is 1. The Balaban J connectivity index is 0.00000196. The first-order valence-electron chi connectivity index (χ1n) is 9.11. The molecule has 2 aromatic rings. The molecule has 0 aliphatic carbocycles. The van der Waals surface area contributed by atoms with Gasteiger partial charge < -0.3 is 15.4 Å². The van der Waals surface area contributed by atoms with E-state index in [1.54, 1.807) is 0 Å². The molecule has 1 saturated heterocycles. The van der Waals surface area contributed by atoms with Gasteiger partial charge in [-0.2, -0.15) is 0 Å². The van der Waals surface area contributed by atoms with Gasteiger partial charge in [-0.15, -0.1) is 12.4 Å². The lowest BCUT2D eigenvalue weighted by Crippen LogP contribution is -2.15. The minimum absolute atomic E-state index is 0. The fourth-order valence-corrected chi connectivity index (χ4v) is 3.73. The molecule has 2 heterocycles. The van der Waals surface area contributed by atoms with Gasteiger partial charge in [-0.25, -0.2) is 0 Å². The highest BCUT2D eigenvalue weighted by Gasteiger charge is 2.17. The van der Waals surface area contributed by atoms with Gasteiger partial charge in [0.05, 0.1) is 13.0 Å². The van der Waals surface area contributed by atoms with E-state index in [9.17, 15) is 4.79 Å². The van der Waals surface area contributed by atoms with E-state index in [0.29, 0.717) is 13.0 Å². The summed E-state index contributed by atoms with van der Waals surface area (Å²) in [5.74, 6) is 1.66. The summed E-state index contributed by atoms with van der Waals surface area (Å²) in [5.41, 5.74) is 4.40. The Bertz CT molecular complexity index is 755. The number of fused-ring (bicyclic) bond motifs is 1. The molecule has 2 aromatic carbocycles. The molecule has 4 nitrogen and oxygen atoms in total. The predicted octanol–water partition coefficient (Wildman–Crippen LogP) is 3.38. The van der Waals surface area contributed by atoms with Gasteiger partial charge >= 0.3 is 0 Å². The molecule has 4 rings (SSSR count). The molecule has 2 aliphatic heterocycles. The van der Waals surface area contributed by atoms with Gasteiger partial charge in [-0.1, -0.05) is 30.3 Å². The van der Waals surface area contributed by atoms with Crippen LogP contribution in [0, 0.1) is 5.92 Å². The van der Waals surface area contributed by atoms with Gasteiger partial charge in [0.25, 0.3) is 0 Å². The highest BCUT2D eigenvalue weighted by molar-refractivity contribution is 5.93. The number of hydrogen-bond acceptors (Lipinski definition) is 3. The van der Waals surface area contributed by atoms with Crippen LogP contribution >= 0.6 is 12.4 Å². The van der Waals surface area contributed by atoms with E-state index in [1.165, 1.54) is 12.0 Å². The molecule has 138 valence electrons. The Labute approximate surface area is 160 Å². The Morgan fingerprint density at radius 3 is 2.73 bits per heavy atom. The quantitative estimate of drug-likeness (QED) is 0.846. The minimum Gasteiger partial charge on any atom is -0.493 e. The van der Waals surface area contributed by atoms with Crippen LogP contribution < -0.4 is 15.4 Å². The molecule has 2 N–H and O–H groups in total. The standard InChI is InChI=1S/C21H24N2O2.ClH/c24-21(23-19-2-1-3-20-18(19)9-11-25-20)13-16-6-4-15(5-7-16)12-17-8-10-22-14-17;/h1-7,17,22H,8-14H2,(H,23,24);1H. The molecule has 1 atom stereocenters. The molecule has 0 aromatic heterocycles. The number of ether oxygens (including phenoxy) is 1. The van der Waals surface area contributed by atoms with Gasteiger partial charge in [0, 0.05) is 17.7 Å². The van der Waals surface area contributed by atoms with E-state index in [4.69, 9.17) is 4.74 Å². The van der Waals surface area contributed by atoms with Crippen molar-refractivity contribution in [2.45, 2.75) is 25.7 Å². The highest BCUT2D eigenvalue weighted by Crippen LogP contribution is 2.31. The van der Waals surface area contributed by atoms with Crippen molar-refractivity contribution in [2.75, 3.05) is 25.0 Å². The molecule has 26 heavy (non-hydrogen) atoms. The summed E-state index contributed by atoms with van der Waals surface area (Å²) in [6.07, 6.45) is 3.64. The fraction of sp³-hybridized carbons (Fsp3) is 0.381. The second-order valence-corrected chi connectivity index (χ2v) is 6.99. The summed E-state index contributed by atoms with van der Waals surface area (Å²) >= 11 is 0. The number of benzene rings is 2. The first kappa shape index (κ1) is 18.7. The van der Waals surface area contributed by atoms with E-state index < -0.39 is 0 Å². The molecule has 0 spiro atoms. The molecule has 0 radical (unpaired) electrons. The van der Waals surface area contributed by atoms with Gasteiger partial charge in [0.2, 0.25) is 5.91 Å². The summed E-state index contributed by atoms with van der Waals surface area (Å²) in [7, 11) is 0. The molecule has 0 saturated carbocycles. The SMILES string of the molecule is Cl.O=C(Cc1ccc(CC2CCNC2)cc1)Nc1cccc2c1CCO2. The summed E-state index contributed by atoms with van der Waals surface area (Å²) in [4.78, 5) is 12.4. The van der Waals surface area contributed by atoms with E-state index in [-0.39, 0.29) is 18.3 Å². The molecule has 0 bridgehead atoms. The number of rotatable bonds is 5. The van der Waals surface area contributed by atoms with E-state index in [0.717, 1.165) is 54.4 Å². The van der Waals surface area contributed by atoms with Crippen molar-refractivity contribution >= 4 is 24.0 Å². The molecule has 5 heteroatoms. The number of carbonyl (C=O) groups is 1. The Kier molecular flexibility index (Phi) is 6.17. The normalized spacial score (nSPS) is 17.9. The van der Waals surface area contributed by atoms with Crippen molar-refractivity contribution in [3.05, 3.63) is 59.2 Å². The zero-order valence-corrected chi connectivity index (χ0v) is 15.6. The molecule has 1 fully saturated rings. The zero-order valence-electron chi connectivity index (χ0n) is 14.8. The highest BCUT2D eigenvalue weighted by atomic mass is 35.5. The van der Waals surface area contributed by atoms with Crippen molar-refractivity contribution in [2.24, 2.45) is 5.92 Å². The number of hydrogen-bond donors (Lipinski definition) is 2. The minimum atomic E-state index is 0. The van der Waals surface area contributed by atoms with Crippen molar-refractivity contribution in [3.8, 4) is 5.75 Å². The lowest BCUT2D eigenvalue weighted by molar-refractivity contribution is -0.115. The molecule has 1 unspecified atom stereocenters. The van der Waals surface area contributed by atoms with Gasteiger partial charge in [0.1, 0.15) is 5.75 Å². The van der Waals surface area contributed by atoms with Crippen molar-refractivity contribution < 1.29 is 9.53 Å². The maximum atomic E-state index is 12.4. The van der Waals surface area contributed by atoms with Gasteiger partial charge in [-0.3, -0.25) is 4.79 Å². The molecular weight excluding hydrogens is 348 g/mol. The predicted molar refractivity (Wildman–Crippen MR) is 106 cm³/mol. The van der Waals surface area contributed by atoms with Crippen LogP contribution in [-0.2, 0) is 24.1 Å². The number of carbonyl (C=O) groups excluding carboxylic acids is 1. The van der Waals surface area contributed by atoms with Crippen LogP contribution in [0.5, 0.6) is 5.75 Å². The summed E-state index contributed by atoms with van der Waals surface area (Å²) < 4.78 is 5.55. The van der Waals surface area contributed by atoms with Crippen LogP contribution in [0.3, 0.4) is 0 Å². The molecule has 1 amide bonds. The summed E-state index contributed by atoms with van der Waals surface area (Å²) in [6.45, 7) is 2.95. The van der Waals surface area contributed by atoms with Crippen molar-refractivity contribution in [3.63, 3.8) is 0 Å². The Hall–Kier alpha value is -2.04. The largest absolute Gasteiger partial charge is 0.493 e. The monoisotopic (exact) mass is 372 g/mol. The Morgan fingerprint density at radius 2 is 1.96 bits per heavy atom. The summed E-state index contributed by atoms with van der Waals surface area (Å²) in [6, 6.07) is 14.3. The maximum Gasteiger partial charge on any atom is 0.228 e. The van der Waals surface area contributed by atoms with Crippen LogP contribution in [0.25, 0.3) is 0 Å². The number of anilines is 1. The van der Waals surface area contributed by atoms with E-state index in [2.05, 4.69) is 34.9 Å². The number of nitrogens with one attached hydrogen (secondary N) is 2. The second kappa shape index (κ2) is 8.56. The van der Waals surface area contributed by atoms with Crippen molar-refractivity contribution in [1.82, 2.24) is 5.32 Å². The van der Waals surface area contributed by atoms with Crippen LogP contribution in [0.2, 0.25) is 0 Å². The molecular formula is C21H25ClN2O2. The Morgan fingerprint density at radius 1 is 1.15 bits per heavy atom. The van der Waals surface area contributed by atoms with Gasteiger partial charge in [-0.05, 0) is 55.1 Å². The fourth-order valence-electron chi connectivity index (χ4n) is 3.73. The first-order valence-corrected chi connectivity index (χ1v) is 9.11. The third-order valence-corrected chi connectivity index (χ3v) is 5.09. The topological polar surface area (TPSA) is 50.4 Å². The van der Waals surface area contributed by atoms with E-state index >= 15 is 0 Å². The average Bonchev–Trinajstić information content (AvgIpc) is 3.28. The van der Waals surface area contributed by atoms with Crippen molar-refractivity contribution in [1.29, 1.82) is 0 Å². The lowest BCUT2D eigenvalue weighted by atomic mass is 9.97. The zero-order chi connectivity index (χ0) is 17.1. The van der Waals surface area contributed by atoms with E-state index in [1.807, 2.05) is 18.2 Å². The third kappa shape index (κ3) is 4.37. The van der Waals surface area contributed by atoms with Crippen LogP contribution in [0.1, 0.15) is 23.1 Å². The second-order valence-electron chi connectivity index (χ2n) is 6.99.